The summed E-state index contributed by atoms with van der Waals surface area (Å²) in [5, 5.41) is 6.12. The zero-order chi connectivity index (χ0) is 17.6. The summed E-state index contributed by atoms with van der Waals surface area (Å²) in [6.45, 7) is 9.09. The van der Waals surface area contributed by atoms with Crippen LogP contribution in [0, 0.1) is 5.82 Å². The number of hydrogen-bond donors (Lipinski definition) is 1. The molecule has 0 fully saturated rings. The van der Waals surface area contributed by atoms with Gasteiger partial charge < -0.3 is 10.1 Å². The molecule has 0 spiro atoms. The molecule has 6 nitrogen and oxygen atoms in total. The second kappa shape index (κ2) is 7.83. The highest BCUT2D eigenvalue weighted by molar-refractivity contribution is 5.68. The topological polar surface area (TPSA) is 87.1 Å². The van der Waals surface area contributed by atoms with Crippen LogP contribution in [0.2, 0.25) is 0 Å². The Hall–Kier alpha value is -2.27. The Bertz CT molecular complexity index is 605. The molecule has 0 aliphatic rings. The van der Waals surface area contributed by atoms with Gasteiger partial charge in [-0.05, 0) is 55.5 Å². The molecular formula is C16H23FN4O2. The van der Waals surface area contributed by atoms with E-state index in [9.17, 15) is 9.18 Å². The number of ether oxygens (including phenoxy) is 1. The van der Waals surface area contributed by atoms with E-state index in [2.05, 4.69) is 15.3 Å². The first-order valence-electron chi connectivity index (χ1n) is 7.43. The molecule has 0 bridgehead atoms. The molecule has 0 aromatic heterocycles. The fourth-order valence-electron chi connectivity index (χ4n) is 1.97. The highest BCUT2D eigenvalue weighted by atomic mass is 19.1. The third-order valence-corrected chi connectivity index (χ3v) is 3.03. The van der Waals surface area contributed by atoms with Crippen LogP contribution in [0.15, 0.2) is 23.3 Å². The zero-order valence-corrected chi connectivity index (χ0v) is 14.1. The van der Waals surface area contributed by atoms with Gasteiger partial charge in [0.05, 0.1) is 12.6 Å². The summed E-state index contributed by atoms with van der Waals surface area (Å²) in [5.74, 6) is -0.269. The number of benzene rings is 1. The van der Waals surface area contributed by atoms with E-state index in [4.69, 9.17) is 10.3 Å². The van der Waals surface area contributed by atoms with Crippen molar-refractivity contribution in [2.75, 3.05) is 6.54 Å². The smallest absolute Gasteiger partial charge is 0.408 e. The van der Waals surface area contributed by atoms with E-state index in [-0.39, 0.29) is 12.5 Å². The Morgan fingerprint density at radius 1 is 1.35 bits per heavy atom. The average molecular weight is 322 g/mol. The molecule has 0 aliphatic heterocycles. The molecule has 1 rings (SSSR count). The number of alkyl carbamates (subject to hydrolysis) is 1. The fraction of sp³-hybridized carbons (Fsp3) is 0.562. The van der Waals surface area contributed by atoms with E-state index in [1.807, 2.05) is 13.8 Å². The Labute approximate surface area is 135 Å². The van der Waals surface area contributed by atoms with E-state index in [0.717, 1.165) is 5.56 Å². The van der Waals surface area contributed by atoms with E-state index in [0.29, 0.717) is 5.56 Å². The fourth-order valence-corrected chi connectivity index (χ4v) is 1.97. The van der Waals surface area contributed by atoms with Crippen molar-refractivity contribution in [2.45, 2.75) is 52.2 Å². The summed E-state index contributed by atoms with van der Waals surface area (Å²) in [4.78, 5) is 14.6. The van der Waals surface area contributed by atoms with Gasteiger partial charge in [0, 0.05) is 4.91 Å². The highest BCUT2D eigenvalue weighted by Crippen LogP contribution is 2.23. The first-order valence-corrected chi connectivity index (χ1v) is 7.43. The summed E-state index contributed by atoms with van der Waals surface area (Å²) in [6.07, 6.45) is -0.647. The van der Waals surface area contributed by atoms with Crippen molar-refractivity contribution in [3.63, 3.8) is 0 Å². The van der Waals surface area contributed by atoms with Crippen LogP contribution in [-0.2, 0) is 4.74 Å². The van der Waals surface area contributed by atoms with Gasteiger partial charge in [-0.25, -0.2) is 9.18 Å². The van der Waals surface area contributed by atoms with Crippen molar-refractivity contribution in [1.82, 2.24) is 5.32 Å². The second-order valence-corrected chi connectivity index (χ2v) is 6.58. The molecular weight excluding hydrogens is 299 g/mol. The van der Waals surface area contributed by atoms with Gasteiger partial charge >= 0.3 is 6.09 Å². The predicted molar refractivity (Wildman–Crippen MR) is 86.6 cm³/mol. The number of halogens is 1. The van der Waals surface area contributed by atoms with Crippen molar-refractivity contribution in [1.29, 1.82) is 0 Å². The minimum atomic E-state index is -0.658. The molecule has 0 saturated heterocycles. The van der Waals surface area contributed by atoms with E-state index in [1.165, 1.54) is 12.1 Å². The van der Waals surface area contributed by atoms with Gasteiger partial charge in [-0.2, -0.15) is 0 Å². The molecule has 126 valence electrons. The Morgan fingerprint density at radius 2 is 1.96 bits per heavy atom. The second-order valence-electron chi connectivity index (χ2n) is 6.58. The Morgan fingerprint density at radius 3 is 2.48 bits per heavy atom. The van der Waals surface area contributed by atoms with Gasteiger partial charge in [0.15, 0.2) is 0 Å². The number of azide groups is 1. The van der Waals surface area contributed by atoms with Gasteiger partial charge in [0.25, 0.3) is 0 Å². The number of carbonyl (C=O) groups excluding carboxylic acids is 1. The average Bonchev–Trinajstić information content (AvgIpc) is 2.40. The largest absolute Gasteiger partial charge is 0.444 e. The lowest BCUT2D eigenvalue weighted by Gasteiger charge is -2.23. The number of carbonyl (C=O) groups is 1. The number of amides is 1. The molecule has 1 atom stereocenters. The maximum absolute atomic E-state index is 13.8. The molecule has 0 saturated carbocycles. The molecule has 0 aliphatic carbocycles. The van der Waals surface area contributed by atoms with Gasteiger partial charge in [0.2, 0.25) is 0 Å². The van der Waals surface area contributed by atoms with E-state index < -0.39 is 23.6 Å². The molecule has 1 aromatic carbocycles. The van der Waals surface area contributed by atoms with Crippen LogP contribution in [0.3, 0.4) is 0 Å². The van der Waals surface area contributed by atoms with Crippen molar-refractivity contribution in [3.05, 3.63) is 45.6 Å². The number of hydrogen-bond acceptors (Lipinski definition) is 3. The lowest BCUT2D eigenvalue weighted by atomic mass is 9.97. The van der Waals surface area contributed by atoms with Crippen molar-refractivity contribution >= 4 is 6.09 Å². The number of rotatable bonds is 5. The summed E-state index contributed by atoms with van der Waals surface area (Å²) < 4.78 is 19.0. The molecule has 1 aromatic rings. The van der Waals surface area contributed by atoms with Crippen LogP contribution >= 0.6 is 0 Å². The summed E-state index contributed by atoms with van der Waals surface area (Å²) in [6, 6.07) is 3.91. The highest BCUT2D eigenvalue weighted by Gasteiger charge is 2.21. The van der Waals surface area contributed by atoms with Crippen LogP contribution < -0.4 is 5.32 Å². The van der Waals surface area contributed by atoms with Gasteiger partial charge in [-0.1, -0.05) is 25.0 Å². The standard InChI is InChI=1S/C16H23FN4O2/c1-10(2)11-6-12(8-13(17)7-11)14(9-19-21-18)20-15(22)23-16(3,4)5/h6-8,10,14H,9H2,1-5H3,(H,20,22)/t14-/m1/s1. The predicted octanol–water partition coefficient (Wildman–Crippen LogP) is 4.83. The maximum atomic E-state index is 13.8. The van der Waals surface area contributed by atoms with Crippen LogP contribution in [0.1, 0.15) is 57.7 Å². The Balaban J connectivity index is 3.06. The van der Waals surface area contributed by atoms with Crippen molar-refractivity contribution in [2.24, 2.45) is 5.11 Å². The molecule has 0 unspecified atom stereocenters. The molecule has 0 heterocycles. The third kappa shape index (κ3) is 6.57. The van der Waals surface area contributed by atoms with Gasteiger partial charge in [-0.15, -0.1) is 0 Å². The quantitative estimate of drug-likeness (QED) is 0.478. The lowest BCUT2D eigenvalue weighted by Crippen LogP contribution is -2.36. The van der Waals surface area contributed by atoms with Gasteiger partial charge in [0.1, 0.15) is 11.4 Å². The van der Waals surface area contributed by atoms with Crippen LogP contribution in [0.5, 0.6) is 0 Å². The van der Waals surface area contributed by atoms with Crippen LogP contribution in [-0.4, -0.2) is 18.2 Å². The normalized spacial score (nSPS) is 12.5. The zero-order valence-electron chi connectivity index (χ0n) is 14.1. The van der Waals surface area contributed by atoms with Crippen molar-refractivity contribution < 1.29 is 13.9 Å². The third-order valence-electron chi connectivity index (χ3n) is 3.03. The minimum absolute atomic E-state index is 0.0310. The minimum Gasteiger partial charge on any atom is -0.444 e. The summed E-state index contributed by atoms with van der Waals surface area (Å²) in [7, 11) is 0. The maximum Gasteiger partial charge on any atom is 0.408 e. The number of nitrogens with zero attached hydrogens (tertiary/aromatic N) is 3. The SMILES string of the molecule is CC(C)c1cc(F)cc([C@@H](CN=[N+]=[N-])NC(=O)OC(C)(C)C)c1. The molecule has 1 amide bonds. The number of nitrogens with one attached hydrogen (secondary N) is 1. The van der Waals surface area contributed by atoms with Crippen LogP contribution in [0.25, 0.3) is 10.4 Å². The Kier molecular flexibility index (Phi) is 6.39. The molecule has 0 radical (unpaired) electrons. The molecule has 23 heavy (non-hydrogen) atoms. The molecule has 7 heteroatoms. The summed E-state index contributed by atoms with van der Waals surface area (Å²) in [5.41, 5.74) is 9.20. The first-order chi connectivity index (χ1) is 10.6. The lowest BCUT2D eigenvalue weighted by molar-refractivity contribution is 0.0505. The van der Waals surface area contributed by atoms with Crippen molar-refractivity contribution in [3.8, 4) is 0 Å². The van der Waals surface area contributed by atoms with E-state index in [1.54, 1.807) is 26.8 Å². The van der Waals surface area contributed by atoms with Crippen LogP contribution in [0.4, 0.5) is 9.18 Å². The summed E-state index contributed by atoms with van der Waals surface area (Å²) >= 11 is 0. The monoisotopic (exact) mass is 322 g/mol. The first kappa shape index (κ1) is 18.8. The van der Waals surface area contributed by atoms with E-state index >= 15 is 0 Å². The molecule has 1 N–H and O–H groups in total. The van der Waals surface area contributed by atoms with Gasteiger partial charge in [-0.3, -0.25) is 0 Å².